The monoisotopic (exact) mass is 288 g/mol. The van der Waals surface area contributed by atoms with Crippen molar-refractivity contribution in [3.63, 3.8) is 0 Å². The normalized spacial score (nSPS) is 26.3. The van der Waals surface area contributed by atoms with Crippen molar-refractivity contribution in [3.8, 4) is 0 Å². The van der Waals surface area contributed by atoms with Gasteiger partial charge in [0.05, 0.1) is 6.10 Å². The van der Waals surface area contributed by atoms with Gasteiger partial charge in [0.1, 0.15) is 0 Å². The maximum absolute atomic E-state index is 5.86. The van der Waals surface area contributed by atoms with Crippen LogP contribution in [0.15, 0.2) is 24.3 Å². The van der Waals surface area contributed by atoms with Crippen molar-refractivity contribution in [2.75, 3.05) is 29.9 Å². The van der Waals surface area contributed by atoms with Gasteiger partial charge in [-0.25, -0.2) is 0 Å². The molecule has 1 aromatic rings. The average molecular weight is 288 g/mol. The molecule has 0 bridgehead atoms. The maximum atomic E-state index is 5.86. The van der Waals surface area contributed by atoms with E-state index in [2.05, 4.69) is 48.3 Å². The van der Waals surface area contributed by atoms with Crippen molar-refractivity contribution < 1.29 is 4.74 Å². The molecule has 3 nitrogen and oxygen atoms in total. The van der Waals surface area contributed by atoms with E-state index in [9.17, 15) is 0 Å². The lowest BCUT2D eigenvalue weighted by Crippen LogP contribution is -2.36. The smallest absolute Gasteiger partial charge is 0.0617 e. The molecule has 3 rings (SSSR count). The van der Waals surface area contributed by atoms with Gasteiger partial charge < -0.3 is 15.0 Å². The molecule has 0 saturated carbocycles. The minimum Gasteiger partial charge on any atom is -0.382 e. The van der Waals surface area contributed by atoms with Gasteiger partial charge >= 0.3 is 0 Å². The largest absolute Gasteiger partial charge is 0.382 e. The zero-order chi connectivity index (χ0) is 14.7. The summed E-state index contributed by atoms with van der Waals surface area (Å²) >= 11 is 0. The molecule has 1 aromatic carbocycles. The fraction of sp³-hybridized carbons (Fsp3) is 0.667. The Bertz CT molecular complexity index is 454. The number of rotatable bonds is 4. The number of ether oxygens (including phenoxy) is 1. The highest BCUT2D eigenvalue weighted by atomic mass is 16.5. The summed E-state index contributed by atoms with van der Waals surface area (Å²) in [6, 6.07) is 9.46. The summed E-state index contributed by atoms with van der Waals surface area (Å²) < 4.78 is 5.86. The van der Waals surface area contributed by atoms with Crippen LogP contribution in [0.2, 0.25) is 0 Å². The minimum absolute atomic E-state index is 0.401. The van der Waals surface area contributed by atoms with Crippen LogP contribution in [-0.4, -0.2) is 31.8 Å². The Morgan fingerprint density at radius 1 is 1.24 bits per heavy atom. The summed E-state index contributed by atoms with van der Waals surface area (Å²) in [6.07, 6.45) is 5.28. The Hall–Kier alpha value is -1.22. The molecule has 3 heteroatoms. The van der Waals surface area contributed by atoms with Crippen LogP contribution in [0, 0.1) is 5.92 Å². The number of nitrogens with zero attached hydrogens (tertiary/aromatic N) is 1. The second kappa shape index (κ2) is 6.69. The van der Waals surface area contributed by atoms with E-state index in [4.69, 9.17) is 4.74 Å². The third-order valence-electron chi connectivity index (χ3n) is 4.75. The van der Waals surface area contributed by atoms with Crippen LogP contribution >= 0.6 is 0 Å². The Morgan fingerprint density at radius 2 is 2.05 bits per heavy atom. The Morgan fingerprint density at radius 3 is 2.81 bits per heavy atom. The van der Waals surface area contributed by atoms with Crippen LogP contribution in [0.5, 0.6) is 0 Å². The Labute approximate surface area is 128 Å². The van der Waals surface area contributed by atoms with Crippen molar-refractivity contribution in [1.82, 2.24) is 0 Å². The van der Waals surface area contributed by atoms with Crippen molar-refractivity contribution in [1.29, 1.82) is 0 Å². The molecule has 116 valence electrons. The number of anilines is 2. The highest BCUT2D eigenvalue weighted by molar-refractivity contribution is 5.58. The van der Waals surface area contributed by atoms with Gasteiger partial charge in [0, 0.05) is 37.1 Å². The van der Waals surface area contributed by atoms with Gasteiger partial charge in [-0.2, -0.15) is 0 Å². The highest BCUT2D eigenvalue weighted by Gasteiger charge is 2.24. The molecule has 0 radical (unpaired) electrons. The lowest BCUT2D eigenvalue weighted by Gasteiger charge is -2.33. The quantitative estimate of drug-likeness (QED) is 0.909. The first-order valence-electron chi connectivity index (χ1n) is 8.45. The topological polar surface area (TPSA) is 24.5 Å². The van der Waals surface area contributed by atoms with Crippen LogP contribution in [0.4, 0.5) is 11.4 Å². The van der Waals surface area contributed by atoms with E-state index in [1.807, 2.05) is 0 Å². The molecule has 0 aliphatic carbocycles. The van der Waals surface area contributed by atoms with E-state index in [1.165, 1.54) is 37.3 Å². The number of hydrogen-bond donors (Lipinski definition) is 1. The Balaban J connectivity index is 1.63. The standard InChI is InChI=1S/C18H28N2O/c1-14(2)18-13-16(8-11-21-18)19-15-6-5-7-17(12-15)20-9-3-4-10-20/h5-7,12,14,16,18-19H,3-4,8-11,13H2,1-2H3. The molecule has 2 fully saturated rings. The van der Waals surface area contributed by atoms with E-state index in [-0.39, 0.29) is 0 Å². The van der Waals surface area contributed by atoms with Gasteiger partial charge in [0.2, 0.25) is 0 Å². The first-order valence-corrected chi connectivity index (χ1v) is 8.45. The van der Waals surface area contributed by atoms with Crippen molar-refractivity contribution in [3.05, 3.63) is 24.3 Å². The van der Waals surface area contributed by atoms with E-state index in [0.29, 0.717) is 18.1 Å². The molecule has 2 aliphatic heterocycles. The van der Waals surface area contributed by atoms with Crippen molar-refractivity contribution in [2.24, 2.45) is 5.92 Å². The van der Waals surface area contributed by atoms with Crippen molar-refractivity contribution >= 4 is 11.4 Å². The summed E-state index contributed by atoms with van der Waals surface area (Å²) in [4.78, 5) is 2.49. The van der Waals surface area contributed by atoms with Crippen LogP contribution in [0.3, 0.4) is 0 Å². The van der Waals surface area contributed by atoms with Crippen LogP contribution in [-0.2, 0) is 4.74 Å². The number of benzene rings is 1. The predicted octanol–water partition coefficient (Wildman–Crippen LogP) is 3.90. The van der Waals surface area contributed by atoms with Gasteiger partial charge in [-0.05, 0) is 49.8 Å². The van der Waals surface area contributed by atoms with E-state index < -0.39 is 0 Å². The summed E-state index contributed by atoms with van der Waals surface area (Å²) in [6.45, 7) is 7.79. The van der Waals surface area contributed by atoms with Gasteiger partial charge in [0.25, 0.3) is 0 Å². The first kappa shape index (κ1) is 14.7. The van der Waals surface area contributed by atoms with E-state index in [1.54, 1.807) is 0 Å². The molecule has 0 amide bonds. The molecular weight excluding hydrogens is 260 g/mol. The van der Waals surface area contributed by atoms with Gasteiger partial charge in [-0.1, -0.05) is 19.9 Å². The first-order chi connectivity index (χ1) is 10.2. The molecule has 2 saturated heterocycles. The SMILES string of the molecule is CC(C)C1CC(Nc2cccc(N3CCCC3)c2)CCO1. The molecular formula is C18H28N2O. The lowest BCUT2D eigenvalue weighted by atomic mass is 9.95. The van der Waals surface area contributed by atoms with E-state index >= 15 is 0 Å². The molecule has 0 aromatic heterocycles. The summed E-state index contributed by atoms with van der Waals surface area (Å²) in [5, 5.41) is 3.72. The van der Waals surface area contributed by atoms with Gasteiger partial charge in [-0.3, -0.25) is 0 Å². The molecule has 0 spiro atoms. The summed E-state index contributed by atoms with van der Waals surface area (Å²) in [5.74, 6) is 0.602. The predicted molar refractivity (Wildman–Crippen MR) is 89.1 cm³/mol. The zero-order valence-corrected chi connectivity index (χ0v) is 13.3. The van der Waals surface area contributed by atoms with Crippen LogP contribution in [0.25, 0.3) is 0 Å². The highest BCUT2D eigenvalue weighted by Crippen LogP contribution is 2.26. The third kappa shape index (κ3) is 3.70. The van der Waals surface area contributed by atoms with E-state index in [0.717, 1.165) is 19.4 Å². The molecule has 21 heavy (non-hydrogen) atoms. The second-order valence-corrected chi connectivity index (χ2v) is 6.76. The lowest BCUT2D eigenvalue weighted by molar-refractivity contribution is -0.0160. The average Bonchev–Trinajstić information content (AvgIpc) is 3.02. The van der Waals surface area contributed by atoms with Crippen LogP contribution in [0.1, 0.15) is 39.5 Å². The number of nitrogens with one attached hydrogen (secondary N) is 1. The second-order valence-electron chi connectivity index (χ2n) is 6.76. The fourth-order valence-electron chi connectivity index (χ4n) is 3.43. The van der Waals surface area contributed by atoms with Crippen LogP contribution < -0.4 is 10.2 Å². The molecule has 2 unspecified atom stereocenters. The number of hydrogen-bond acceptors (Lipinski definition) is 3. The van der Waals surface area contributed by atoms with Crippen molar-refractivity contribution in [2.45, 2.75) is 51.7 Å². The summed E-state index contributed by atoms with van der Waals surface area (Å²) in [5.41, 5.74) is 2.62. The van der Waals surface area contributed by atoms with Gasteiger partial charge in [0.15, 0.2) is 0 Å². The Kier molecular flexibility index (Phi) is 4.69. The summed E-state index contributed by atoms with van der Waals surface area (Å²) in [7, 11) is 0. The molecule has 2 atom stereocenters. The third-order valence-corrected chi connectivity index (χ3v) is 4.75. The van der Waals surface area contributed by atoms with Gasteiger partial charge in [-0.15, -0.1) is 0 Å². The maximum Gasteiger partial charge on any atom is 0.0617 e. The molecule has 1 N–H and O–H groups in total. The molecule has 2 heterocycles. The zero-order valence-electron chi connectivity index (χ0n) is 13.3. The minimum atomic E-state index is 0.401. The molecule has 2 aliphatic rings. The fourth-order valence-corrected chi connectivity index (χ4v) is 3.43.